The van der Waals surface area contributed by atoms with Gasteiger partial charge in [-0.2, -0.15) is 0 Å². The van der Waals surface area contributed by atoms with Crippen molar-refractivity contribution in [2.45, 2.75) is 17.8 Å². The smallest absolute Gasteiger partial charge is 0.0725 e. The summed E-state index contributed by atoms with van der Waals surface area (Å²) in [5, 5.41) is 5.01. The summed E-state index contributed by atoms with van der Waals surface area (Å²) < 4.78 is 2.41. The van der Waals surface area contributed by atoms with Gasteiger partial charge in [0, 0.05) is 16.5 Å². The van der Waals surface area contributed by atoms with Gasteiger partial charge in [0.2, 0.25) is 0 Å². The molecule has 15 aromatic rings. The lowest BCUT2D eigenvalue weighted by atomic mass is 9.69. The topological polar surface area (TPSA) is 4.93 Å². The Labute approximate surface area is 512 Å². The molecule has 1 heterocycles. The third kappa shape index (κ3) is 6.76. The fraction of sp³-hybridized carbons (Fsp3) is 0.0345. The van der Waals surface area contributed by atoms with Crippen LogP contribution in [0.25, 0.3) is 128 Å². The highest BCUT2D eigenvalue weighted by Gasteiger charge is 2.53. The Bertz CT molecular complexity index is 5420. The molecule has 14 aromatic carbocycles. The van der Waals surface area contributed by atoms with Crippen molar-refractivity contribution in [3.8, 4) is 83.6 Å². The van der Waals surface area contributed by atoms with Gasteiger partial charge < -0.3 is 4.57 Å². The number of rotatable bonds is 6. The van der Waals surface area contributed by atoms with Crippen molar-refractivity contribution in [2.75, 3.05) is 0 Å². The number of hydrogen-bond donors (Lipinski definition) is 0. The van der Waals surface area contributed by atoms with E-state index in [0.29, 0.717) is 0 Å². The van der Waals surface area contributed by atoms with Gasteiger partial charge in [0.25, 0.3) is 0 Å². The fourth-order valence-electron chi connectivity index (χ4n) is 16.4. The lowest BCUT2D eigenvalue weighted by Gasteiger charge is -2.31. The molecule has 0 atom stereocenters. The molecule has 408 valence electrons. The molecule has 0 N–H and O–H groups in total. The lowest BCUT2D eigenvalue weighted by Crippen LogP contribution is -2.26. The van der Waals surface area contributed by atoms with E-state index in [4.69, 9.17) is 0 Å². The minimum absolute atomic E-state index is 0.418. The van der Waals surface area contributed by atoms with Crippen LogP contribution < -0.4 is 0 Å². The van der Waals surface area contributed by atoms with Gasteiger partial charge in [-0.25, -0.2) is 0 Å². The predicted molar refractivity (Wildman–Crippen MR) is 367 cm³/mol. The first-order valence-corrected chi connectivity index (χ1v) is 30.9. The average molecular weight is 1110 g/mol. The van der Waals surface area contributed by atoms with Crippen LogP contribution in [0, 0.1) is 6.92 Å². The van der Waals surface area contributed by atoms with Crippen molar-refractivity contribution in [3.63, 3.8) is 0 Å². The molecule has 0 bridgehead atoms. The summed E-state index contributed by atoms with van der Waals surface area (Å²) in [5.41, 5.74) is 34.9. The van der Waals surface area contributed by atoms with Crippen LogP contribution in [0.4, 0.5) is 0 Å². The lowest BCUT2D eigenvalue weighted by molar-refractivity contribution is 0.792. The Kier molecular flexibility index (Phi) is 10.3. The van der Waals surface area contributed by atoms with Gasteiger partial charge >= 0.3 is 0 Å². The minimum Gasteiger partial charge on any atom is -0.309 e. The Balaban J connectivity index is 0.659. The zero-order valence-electron chi connectivity index (χ0n) is 48.5. The van der Waals surface area contributed by atoms with E-state index < -0.39 is 10.8 Å². The molecule has 4 aliphatic carbocycles. The largest absolute Gasteiger partial charge is 0.309 e. The number of aryl methyl sites for hydroxylation is 1. The number of hydrogen-bond acceptors (Lipinski definition) is 0. The van der Waals surface area contributed by atoms with Gasteiger partial charge in [0.15, 0.2) is 0 Å². The molecular formula is C87H55N. The second kappa shape index (κ2) is 18.4. The van der Waals surface area contributed by atoms with E-state index in [1.165, 1.54) is 166 Å². The molecule has 0 unspecified atom stereocenters. The Morgan fingerprint density at radius 1 is 0.250 bits per heavy atom. The van der Waals surface area contributed by atoms with Crippen molar-refractivity contribution in [2.24, 2.45) is 0 Å². The molecule has 19 rings (SSSR count). The van der Waals surface area contributed by atoms with E-state index in [-0.39, 0.29) is 0 Å². The summed E-state index contributed by atoms with van der Waals surface area (Å²) in [4.78, 5) is 0. The number of benzene rings is 14. The molecule has 0 aliphatic heterocycles. The second-order valence-electron chi connectivity index (χ2n) is 24.7. The zero-order valence-corrected chi connectivity index (χ0v) is 48.5. The van der Waals surface area contributed by atoms with Crippen molar-refractivity contribution in [1.82, 2.24) is 4.57 Å². The molecule has 0 radical (unpaired) electrons. The maximum Gasteiger partial charge on any atom is 0.0725 e. The second-order valence-corrected chi connectivity index (χ2v) is 24.7. The van der Waals surface area contributed by atoms with Gasteiger partial charge in [-0.15, -0.1) is 0 Å². The first-order chi connectivity index (χ1) is 43.5. The average Bonchev–Trinajstić information content (AvgIpc) is 1.54. The standard InChI is InChI=1S/C87H55N/c1-54-26-43-70-71-45-39-63(52-82(71)86(80(70)48-54)76-21-9-4-16-66(76)67-17-5-10-22-77(67)86)64-40-46-73-72-44-38-62(51-81(72)87(83(73)53-64)78-23-11-6-18-68(78)69-19-7-12-24-79(69)87)59-35-31-56(32-36-59)28-27-55-29-33-58(34-30-55)61-41-47-85-75(50-61)74-20-8-13-25-84(74)88(85)65-42-37-57-14-2-3-15-60(57)49-65/h2-53H,1H3. The van der Waals surface area contributed by atoms with Crippen LogP contribution in [0.15, 0.2) is 303 Å². The van der Waals surface area contributed by atoms with Crippen LogP contribution in [-0.4, -0.2) is 4.57 Å². The van der Waals surface area contributed by atoms with Gasteiger partial charge in [0.1, 0.15) is 0 Å². The van der Waals surface area contributed by atoms with Crippen molar-refractivity contribution in [1.29, 1.82) is 0 Å². The zero-order chi connectivity index (χ0) is 57.8. The number of nitrogens with zero attached hydrogens (tertiary/aromatic N) is 1. The molecule has 4 aliphatic rings. The highest BCUT2D eigenvalue weighted by molar-refractivity contribution is 6.11. The molecule has 88 heavy (non-hydrogen) atoms. The normalized spacial score (nSPS) is 13.9. The molecule has 0 saturated heterocycles. The summed E-state index contributed by atoms with van der Waals surface area (Å²) in [6.45, 7) is 2.24. The van der Waals surface area contributed by atoms with Crippen LogP contribution in [0.3, 0.4) is 0 Å². The summed E-state index contributed by atoms with van der Waals surface area (Å²) in [5.74, 6) is 0. The number of para-hydroxylation sites is 1. The van der Waals surface area contributed by atoms with E-state index >= 15 is 0 Å². The highest BCUT2D eigenvalue weighted by Crippen LogP contribution is 2.66. The Morgan fingerprint density at radius 3 is 1.15 bits per heavy atom. The highest BCUT2D eigenvalue weighted by atomic mass is 15.0. The summed E-state index contributed by atoms with van der Waals surface area (Å²) in [7, 11) is 0. The van der Waals surface area contributed by atoms with Gasteiger partial charge in [-0.3, -0.25) is 0 Å². The fourth-order valence-corrected chi connectivity index (χ4v) is 16.4. The van der Waals surface area contributed by atoms with Gasteiger partial charge in [-0.1, -0.05) is 273 Å². The monoisotopic (exact) mass is 1110 g/mol. The summed E-state index contributed by atoms with van der Waals surface area (Å²) in [6, 6.07) is 115. The maximum absolute atomic E-state index is 2.55. The van der Waals surface area contributed by atoms with Crippen LogP contribution >= 0.6 is 0 Å². The molecule has 0 fully saturated rings. The summed E-state index contributed by atoms with van der Waals surface area (Å²) >= 11 is 0. The molecule has 2 spiro atoms. The molecule has 1 nitrogen and oxygen atoms in total. The third-order valence-corrected chi connectivity index (χ3v) is 20.3. The van der Waals surface area contributed by atoms with E-state index in [9.17, 15) is 0 Å². The van der Waals surface area contributed by atoms with Crippen molar-refractivity contribution in [3.05, 3.63) is 365 Å². The SMILES string of the molecule is Cc1ccc2c(c1)C1(c3ccccc3-c3ccccc31)c1cc(-c3ccc4c(c3)C3(c5ccccc5-c5ccccc53)c3cc(-c5ccc(C=Cc6ccc(-c7ccc8c(c7)c7ccccc7n8-c7ccc8ccccc8c7)cc6)cc5)ccc3-4)ccc1-2. The van der Waals surface area contributed by atoms with E-state index in [0.717, 1.165) is 11.1 Å². The molecule has 1 heteroatoms. The first kappa shape index (κ1) is 49.2. The maximum atomic E-state index is 2.55. The van der Waals surface area contributed by atoms with Gasteiger partial charge in [-0.05, 0) is 200 Å². The molecule has 0 amide bonds. The van der Waals surface area contributed by atoms with Crippen molar-refractivity contribution >= 4 is 44.7 Å². The molecular weight excluding hydrogens is 1060 g/mol. The number of fused-ring (bicyclic) bond motifs is 24. The van der Waals surface area contributed by atoms with E-state index in [1.807, 2.05) is 0 Å². The molecule has 1 aromatic heterocycles. The van der Waals surface area contributed by atoms with Crippen molar-refractivity contribution < 1.29 is 0 Å². The predicted octanol–water partition coefficient (Wildman–Crippen LogP) is 22.1. The first-order valence-electron chi connectivity index (χ1n) is 30.9. The third-order valence-electron chi connectivity index (χ3n) is 20.3. The van der Waals surface area contributed by atoms with Crippen LogP contribution in [0.2, 0.25) is 0 Å². The van der Waals surface area contributed by atoms with Crippen LogP contribution in [-0.2, 0) is 10.8 Å². The van der Waals surface area contributed by atoms with Crippen LogP contribution in [0.1, 0.15) is 61.2 Å². The Morgan fingerprint density at radius 2 is 0.625 bits per heavy atom. The van der Waals surface area contributed by atoms with Gasteiger partial charge in [0.05, 0.1) is 21.9 Å². The van der Waals surface area contributed by atoms with Crippen LogP contribution in [0.5, 0.6) is 0 Å². The Hall–Kier alpha value is -11.1. The minimum atomic E-state index is -0.511. The van der Waals surface area contributed by atoms with E-state index in [1.54, 1.807) is 0 Å². The van der Waals surface area contributed by atoms with E-state index in [2.05, 4.69) is 327 Å². The number of aromatic nitrogens is 1. The molecule has 0 saturated carbocycles. The summed E-state index contributed by atoms with van der Waals surface area (Å²) in [6.07, 6.45) is 4.46. The quantitative estimate of drug-likeness (QED) is 0.146.